The van der Waals surface area contributed by atoms with Crippen molar-refractivity contribution in [3.05, 3.63) is 48.2 Å². The standard InChI is InChI=1S/C18H22N4O3/c1-13-10-19-16(25-13)11-20-17(23)14-6-5-9-22(12-14)18(24)21-15-7-3-2-4-8-15/h2-4,7-8,10,14H,5-6,9,11-12H2,1H3,(H,20,23)(H,21,24)/t14-/m1/s1. The molecule has 7 nitrogen and oxygen atoms in total. The van der Waals surface area contributed by atoms with E-state index in [0.29, 0.717) is 24.7 Å². The number of anilines is 1. The van der Waals surface area contributed by atoms with Gasteiger partial charge >= 0.3 is 6.03 Å². The van der Waals surface area contributed by atoms with E-state index in [0.717, 1.165) is 18.5 Å². The third-order valence-electron chi connectivity index (χ3n) is 4.19. The predicted molar refractivity (Wildman–Crippen MR) is 92.8 cm³/mol. The van der Waals surface area contributed by atoms with Gasteiger partial charge in [0.05, 0.1) is 18.7 Å². The summed E-state index contributed by atoms with van der Waals surface area (Å²) in [6.07, 6.45) is 3.20. The normalized spacial score (nSPS) is 17.2. The van der Waals surface area contributed by atoms with Gasteiger partial charge in [0.1, 0.15) is 5.76 Å². The fourth-order valence-corrected chi connectivity index (χ4v) is 2.89. The third kappa shape index (κ3) is 4.59. The second-order valence-corrected chi connectivity index (χ2v) is 6.16. The number of oxazole rings is 1. The van der Waals surface area contributed by atoms with Crippen molar-refractivity contribution >= 4 is 17.6 Å². The number of nitrogens with zero attached hydrogens (tertiary/aromatic N) is 2. The first-order valence-corrected chi connectivity index (χ1v) is 8.42. The molecular weight excluding hydrogens is 320 g/mol. The lowest BCUT2D eigenvalue weighted by Crippen LogP contribution is -2.46. The Morgan fingerprint density at radius 3 is 2.84 bits per heavy atom. The molecule has 3 rings (SSSR count). The Hall–Kier alpha value is -2.83. The summed E-state index contributed by atoms with van der Waals surface area (Å²) < 4.78 is 5.35. The van der Waals surface area contributed by atoms with Crippen LogP contribution in [0.3, 0.4) is 0 Å². The summed E-state index contributed by atoms with van der Waals surface area (Å²) in [6, 6.07) is 9.13. The Morgan fingerprint density at radius 1 is 1.32 bits per heavy atom. The molecule has 1 saturated heterocycles. The van der Waals surface area contributed by atoms with Crippen LogP contribution < -0.4 is 10.6 Å². The van der Waals surface area contributed by atoms with Crippen molar-refractivity contribution in [3.8, 4) is 0 Å². The van der Waals surface area contributed by atoms with E-state index in [2.05, 4.69) is 15.6 Å². The van der Waals surface area contributed by atoms with E-state index in [1.165, 1.54) is 0 Å². The number of likely N-dealkylation sites (tertiary alicyclic amines) is 1. The third-order valence-corrected chi connectivity index (χ3v) is 4.19. The van der Waals surface area contributed by atoms with E-state index in [1.807, 2.05) is 37.3 Å². The van der Waals surface area contributed by atoms with E-state index in [4.69, 9.17) is 4.42 Å². The second-order valence-electron chi connectivity index (χ2n) is 6.16. The van der Waals surface area contributed by atoms with Gasteiger partial charge in [0, 0.05) is 18.8 Å². The maximum atomic E-state index is 12.4. The average molecular weight is 342 g/mol. The summed E-state index contributed by atoms with van der Waals surface area (Å²) in [7, 11) is 0. The molecule has 0 aliphatic carbocycles. The lowest BCUT2D eigenvalue weighted by Gasteiger charge is -2.32. The largest absolute Gasteiger partial charge is 0.444 e. The number of carbonyl (C=O) groups is 2. The van der Waals surface area contributed by atoms with E-state index in [1.54, 1.807) is 11.1 Å². The van der Waals surface area contributed by atoms with Crippen LogP contribution in [-0.2, 0) is 11.3 Å². The highest BCUT2D eigenvalue weighted by molar-refractivity contribution is 5.90. The molecule has 0 bridgehead atoms. The smallest absolute Gasteiger partial charge is 0.321 e. The fourth-order valence-electron chi connectivity index (χ4n) is 2.89. The SMILES string of the molecule is Cc1cnc(CNC(=O)[C@@H]2CCCN(C(=O)Nc3ccccc3)C2)o1. The molecule has 3 amide bonds. The Morgan fingerprint density at radius 2 is 2.12 bits per heavy atom. The molecule has 2 aromatic rings. The summed E-state index contributed by atoms with van der Waals surface area (Å²) in [5.74, 6) is 0.908. The van der Waals surface area contributed by atoms with Crippen LogP contribution in [0.25, 0.3) is 0 Å². The Balaban J connectivity index is 1.51. The summed E-state index contributed by atoms with van der Waals surface area (Å²) in [4.78, 5) is 30.5. The number of rotatable bonds is 4. The Bertz CT molecular complexity index is 729. The lowest BCUT2D eigenvalue weighted by molar-refractivity contribution is -0.126. The molecule has 0 unspecified atom stereocenters. The highest BCUT2D eigenvalue weighted by Gasteiger charge is 2.28. The highest BCUT2D eigenvalue weighted by Crippen LogP contribution is 2.18. The first kappa shape index (κ1) is 17.0. The fraction of sp³-hybridized carbons (Fsp3) is 0.389. The quantitative estimate of drug-likeness (QED) is 0.894. The Labute approximate surface area is 146 Å². The van der Waals surface area contributed by atoms with Gasteiger partial charge in [-0.1, -0.05) is 18.2 Å². The number of benzene rings is 1. The number of carbonyl (C=O) groups excluding carboxylic acids is 2. The van der Waals surface area contributed by atoms with Crippen LogP contribution in [0.5, 0.6) is 0 Å². The molecule has 1 aromatic carbocycles. The summed E-state index contributed by atoms with van der Waals surface area (Å²) in [5.41, 5.74) is 0.748. The van der Waals surface area contributed by atoms with Gasteiger partial charge < -0.3 is 20.0 Å². The molecule has 2 heterocycles. The molecule has 1 aromatic heterocycles. The number of amides is 3. The first-order valence-electron chi connectivity index (χ1n) is 8.42. The summed E-state index contributed by atoms with van der Waals surface area (Å²) in [5, 5.41) is 5.70. The summed E-state index contributed by atoms with van der Waals surface area (Å²) >= 11 is 0. The van der Waals surface area contributed by atoms with Gasteiger partial charge in [-0.05, 0) is 31.9 Å². The number of hydrogen-bond donors (Lipinski definition) is 2. The maximum Gasteiger partial charge on any atom is 0.321 e. The number of hydrogen-bond acceptors (Lipinski definition) is 4. The van der Waals surface area contributed by atoms with Crippen molar-refractivity contribution in [2.45, 2.75) is 26.3 Å². The zero-order chi connectivity index (χ0) is 17.6. The number of urea groups is 1. The van der Waals surface area contributed by atoms with Gasteiger partial charge in [-0.2, -0.15) is 0 Å². The molecule has 0 radical (unpaired) electrons. The van der Waals surface area contributed by atoms with Crippen molar-refractivity contribution in [1.82, 2.24) is 15.2 Å². The second kappa shape index (κ2) is 7.83. The molecule has 2 N–H and O–H groups in total. The number of nitrogens with one attached hydrogen (secondary N) is 2. The Kier molecular flexibility index (Phi) is 5.33. The topological polar surface area (TPSA) is 87.5 Å². The van der Waals surface area contributed by atoms with E-state index >= 15 is 0 Å². The molecule has 132 valence electrons. The van der Waals surface area contributed by atoms with Gasteiger partial charge in [0.25, 0.3) is 0 Å². The molecule has 7 heteroatoms. The number of piperidine rings is 1. The average Bonchev–Trinajstić information content (AvgIpc) is 3.06. The molecule has 1 aliphatic rings. The molecular formula is C18H22N4O3. The van der Waals surface area contributed by atoms with Crippen molar-refractivity contribution in [1.29, 1.82) is 0 Å². The van der Waals surface area contributed by atoms with Crippen molar-refractivity contribution < 1.29 is 14.0 Å². The first-order chi connectivity index (χ1) is 12.1. The van der Waals surface area contributed by atoms with Crippen LogP contribution in [-0.4, -0.2) is 34.9 Å². The molecule has 1 atom stereocenters. The predicted octanol–water partition coefficient (Wildman–Crippen LogP) is 2.54. The van der Waals surface area contributed by atoms with Crippen LogP contribution >= 0.6 is 0 Å². The zero-order valence-corrected chi connectivity index (χ0v) is 14.2. The minimum atomic E-state index is -0.216. The monoisotopic (exact) mass is 342 g/mol. The minimum absolute atomic E-state index is 0.0759. The van der Waals surface area contributed by atoms with Crippen LogP contribution in [0.4, 0.5) is 10.5 Å². The van der Waals surface area contributed by atoms with Crippen LogP contribution in [0.1, 0.15) is 24.5 Å². The van der Waals surface area contributed by atoms with Gasteiger partial charge in [-0.3, -0.25) is 4.79 Å². The van der Waals surface area contributed by atoms with Crippen molar-refractivity contribution in [2.24, 2.45) is 5.92 Å². The molecule has 1 aliphatic heterocycles. The van der Waals surface area contributed by atoms with Crippen LogP contribution in [0, 0.1) is 12.8 Å². The van der Waals surface area contributed by atoms with Gasteiger partial charge in [-0.25, -0.2) is 9.78 Å². The van der Waals surface area contributed by atoms with E-state index < -0.39 is 0 Å². The molecule has 0 saturated carbocycles. The van der Waals surface area contributed by atoms with Gasteiger partial charge in [0.2, 0.25) is 11.8 Å². The summed E-state index contributed by atoms with van der Waals surface area (Å²) in [6.45, 7) is 3.14. The van der Waals surface area contributed by atoms with Crippen molar-refractivity contribution in [3.63, 3.8) is 0 Å². The molecule has 1 fully saturated rings. The maximum absolute atomic E-state index is 12.4. The zero-order valence-electron chi connectivity index (χ0n) is 14.2. The van der Waals surface area contributed by atoms with Crippen LogP contribution in [0.15, 0.2) is 40.9 Å². The van der Waals surface area contributed by atoms with E-state index in [9.17, 15) is 9.59 Å². The lowest BCUT2D eigenvalue weighted by atomic mass is 9.97. The number of aromatic nitrogens is 1. The molecule has 25 heavy (non-hydrogen) atoms. The van der Waals surface area contributed by atoms with Gasteiger partial charge in [0.15, 0.2) is 0 Å². The number of aryl methyl sites for hydroxylation is 1. The highest BCUT2D eigenvalue weighted by atomic mass is 16.4. The van der Waals surface area contributed by atoms with E-state index in [-0.39, 0.29) is 24.4 Å². The van der Waals surface area contributed by atoms with Crippen molar-refractivity contribution in [2.75, 3.05) is 18.4 Å². The van der Waals surface area contributed by atoms with Gasteiger partial charge in [-0.15, -0.1) is 0 Å². The van der Waals surface area contributed by atoms with Crippen LogP contribution in [0.2, 0.25) is 0 Å². The molecule has 0 spiro atoms. The minimum Gasteiger partial charge on any atom is -0.444 e. The number of para-hydroxylation sites is 1.